The Kier molecular flexibility index (Phi) is 39.8. The quantitative estimate of drug-likeness (QED) is 0.0369. The molecule has 1 aromatic heterocycles. The number of para-hydroxylation sites is 1. The monoisotopic (exact) mass is 1850 g/mol. The normalized spacial score (nSPS) is 22.1. The topological polar surface area (TPSA) is 546 Å². The zero-order valence-electron chi connectivity index (χ0n) is 75.8. The average molecular weight is 1850 g/mol. The Morgan fingerprint density at radius 3 is 1.45 bits per heavy atom. The van der Waals surface area contributed by atoms with Gasteiger partial charge in [-0.1, -0.05) is 181 Å². The van der Waals surface area contributed by atoms with E-state index in [9.17, 15) is 63.6 Å². The molecule has 15 amide bonds. The number of amides is 15. The third-order valence-electron chi connectivity index (χ3n) is 22.6. The van der Waals surface area contributed by atoms with Gasteiger partial charge in [0.05, 0.1) is 25.3 Å². The second-order valence-corrected chi connectivity index (χ2v) is 34.8. The van der Waals surface area contributed by atoms with Gasteiger partial charge in [-0.05, 0) is 94.8 Å². The summed E-state index contributed by atoms with van der Waals surface area (Å²) in [4.78, 5) is 256. The van der Waals surface area contributed by atoms with Crippen molar-refractivity contribution in [2.24, 2.45) is 17.6 Å². The number of thioether (sulfide) groups is 1. The number of nitrogens with one attached hydrogen (secondary N) is 11. The van der Waals surface area contributed by atoms with Crippen molar-refractivity contribution in [2.45, 2.75) is 191 Å². The molecule has 0 bridgehead atoms. The van der Waals surface area contributed by atoms with Crippen LogP contribution in [0.2, 0.25) is 0 Å². The molecule has 1 aliphatic rings. The molecule has 0 aliphatic carbocycles. The number of carbonyl (C=O) groups excluding carboxylic acids is 15. The lowest BCUT2D eigenvalue weighted by atomic mass is 9.98. The van der Waals surface area contributed by atoms with Crippen LogP contribution in [-0.4, -0.2) is 271 Å². The summed E-state index contributed by atoms with van der Waals surface area (Å²) in [7, 11) is 5.09. The second-order valence-electron chi connectivity index (χ2n) is 33.8. The number of carboxylic acid groups (broad SMARTS) is 2. The van der Waals surface area contributed by atoms with E-state index < -0.39 is 223 Å². The van der Waals surface area contributed by atoms with Gasteiger partial charge in [0.25, 0.3) is 0 Å². The Bertz CT molecular complexity index is 5220. The molecule has 6 aromatic carbocycles. The molecular formula is C95H120N16O21S. The fourth-order valence-corrected chi connectivity index (χ4v) is 16.1. The van der Waals surface area contributed by atoms with Gasteiger partial charge in [0.15, 0.2) is 0 Å². The third-order valence-corrected chi connectivity index (χ3v) is 23.6. The highest BCUT2D eigenvalue weighted by Gasteiger charge is 2.43. The third kappa shape index (κ3) is 32.1. The predicted octanol–water partition coefficient (Wildman–Crippen LogP) is 2.22. The van der Waals surface area contributed by atoms with Crippen molar-refractivity contribution in [1.29, 1.82) is 0 Å². The summed E-state index contributed by atoms with van der Waals surface area (Å²) in [6, 6.07) is 24.0. The predicted molar refractivity (Wildman–Crippen MR) is 493 cm³/mol. The Morgan fingerprint density at radius 1 is 0.451 bits per heavy atom. The molecule has 0 radical (unpaired) electrons. The molecular weight excluding hydrogens is 1730 g/mol. The van der Waals surface area contributed by atoms with Crippen LogP contribution in [0.15, 0.2) is 170 Å². The van der Waals surface area contributed by atoms with Gasteiger partial charge in [-0.3, -0.25) is 81.5 Å². The van der Waals surface area contributed by atoms with Crippen molar-refractivity contribution in [3.05, 3.63) is 203 Å². The van der Waals surface area contributed by atoms with E-state index in [0.29, 0.717) is 50.7 Å². The Hall–Kier alpha value is -14.2. The van der Waals surface area contributed by atoms with Gasteiger partial charge in [0.2, 0.25) is 88.6 Å². The van der Waals surface area contributed by atoms with Crippen LogP contribution in [0.5, 0.6) is 11.5 Å². The van der Waals surface area contributed by atoms with Crippen LogP contribution in [0.25, 0.3) is 10.9 Å². The minimum atomic E-state index is -2.08. The number of carbonyl (C=O) groups is 17. The zero-order chi connectivity index (χ0) is 97.3. The Morgan fingerprint density at radius 2 is 0.902 bits per heavy atom. The molecule has 0 saturated carbocycles. The van der Waals surface area contributed by atoms with Gasteiger partial charge in [-0.2, -0.15) is 0 Å². The molecule has 133 heavy (non-hydrogen) atoms. The molecule has 12 unspecified atom stereocenters. The number of H-pyrrole nitrogens is 1. The van der Waals surface area contributed by atoms with Crippen molar-refractivity contribution in [3.8, 4) is 11.5 Å². The number of nitrogens with zero attached hydrogens (tertiary/aromatic N) is 4. The summed E-state index contributed by atoms with van der Waals surface area (Å²) in [6.45, 7) is 6.77. The smallest absolute Gasteiger partial charge is 0.305 e. The highest BCUT2D eigenvalue weighted by Crippen LogP contribution is 2.25. The van der Waals surface area contributed by atoms with Gasteiger partial charge in [0, 0.05) is 96.0 Å². The summed E-state index contributed by atoms with van der Waals surface area (Å²) in [5, 5.41) is 68.1. The lowest BCUT2D eigenvalue weighted by molar-refractivity contribution is -0.149. The van der Waals surface area contributed by atoms with E-state index in [2.05, 4.69) is 58.2 Å². The first-order valence-corrected chi connectivity index (χ1v) is 45.0. The molecule has 38 heteroatoms. The first kappa shape index (κ1) is 104. The molecule has 2 heterocycles. The van der Waals surface area contributed by atoms with Crippen LogP contribution in [0.3, 0.4) is 0 Å². The number of hydrogen-bond donors (Lipinski definition) is 16. The van der Waals surface area contributed by atoms with Crippen LogP contribution < -0.4 is 58.9 Å². The van der Waals surface area contributed by atoms with Gasteiger partial charge in [0.1, 0.15) is 84.0 Å². The van der Waals surface area contributed by atoms with E-state index in [1.807, 2.05) is 0 Å². The molecule has 712 valence electrons. The Balaban J connectivity index is 1.23. The number of aliphatic carboxylic acids is 2. The SMILES string of the molecule is CCCCC1C(=O)NC(CCC(=O)O)C(=O)NC(CC(=O)O)C(=O)NC(C(C)C)C(=O)N(C)C(Cc2ccccc2)C(=O)NC(Cc2ccc(O)cc2)C(=O)N(C)CC(=O)NC(Cc2c[nH]c3ccccc23)C(=O)NC(Cc2ccc(O)cc2)C(=O)NC(CC(C)C)C(=O)NC(C(=O)NCC(N)=O)CSCC(=O)NC(Cc2ccccc2)C(=O)N(C)C(Cc2ccccc2)C(=O)N1C. The molecule has 37 nitrogen and oxygen atoms in total. The lowest BCUT2D eigenvalue weighted by Gasteiger charge is -2.36. The average Bonchev–Trinajstić information content (AvgIpc) is 1.79. The van der Waals surface area contributed by atoms with E-state index >= 15 is 38.4 Å². The summed E-state index contributed by atoms with van der Waals surface area (Å²) in [5.41, 5.74) is 8.92. The van der Waals surface area contributed by atoms with E-state index in [-0.39, 0.29) is 75.2 Å². The molecule has 1 saturated heterocycles. The highest BCUT2D eigenvalue weighted by molar-refractivity contribution is 8.00. The summed E-state index contributed by atoms with van der Waals surface area (Å²) in [5.74, 6) is -20.2. The van der Waals surface area contributed by atoms with E-state index in [4.69, 9.17) is 5.73 Å². The number of nitrogens with two attached hydrogens (primary N) is 1. The number of aromatic nitrogens is 1. The summed E-state index contributed by atoms with van der Waals surface area (Å²) >= 11 is 0.802. The number of fused-ring (bicyclic) bond motifs is 1. The largest absolute Gasteiger partial charge is 0.508 e. The lowest BCUT2D eigenvalue weighted by Crippen LogP contribution is -2.62. The van der Waals surface area contributed by atoms with Crippen LogP contribution >= 0.6 is 11.8 Å². The number of benzene rings is 6. The number of aromatic hydroxyl groups is 2. The number of aromatic amines is 1. The van der Waals surface area contributed by atoms with Crippen LogP contribution in [0.1, 0.15) is 113 Å². The van der Waals surface area contributed by atoms with Crippen LogP contribution in [-0.2, 0) is 120 Å². The van der Waals surface area contributed by atoms with Gasteiger partial charge < -0.3 is 104 Å². The molecule has 0 spiro atoms. The van der Waals surface area contributed by atoms with Gasteiger partial charge in [-0.25, -0.2) is 0 Å². The van der Waals surface area contributed by atoms with Crippen LogP contribution in [0.4, 0.5) is 0 Å². The number of carboxylic acids is 2. The molecule has 12 atom stereocenters. The van der Waals surface area contributed by atoms with Crippen molar-refractivity contribution in [2.75, 3.05) is 52.8 Å². The summed E-state index contributed by atoms with van der Waals surface area (Å²) in [6.07, 6.45) is -2.07. The number of primary amides is 1. The first-order chi connectivity index (χ1) is 63.3. The van der Waals surface area contributed by atoms with E-state index in [1.54, 1.807) is 142 Å². The maximum atomic E-state index is 15.6. The van der Waals surface area contributed by atoms with Crippen molar-refractivity contribution < 1.29 is 102 Å². The fraction of sp³-hybridized carbons (Fsp3) is 0.421. The second kappa shape index (κ2) is 50.8. The minimum absolute atomic E-state index is 0.101. The van der Waals surface area contributed by atoms with Crippen molar-refractivity contribution in [3.63, 3.8) is 0 Å². The van der Waals surface area contributed by atoms with E-state index in [1.165, 1.54) is 90.6 Å². The zero-order valence-corrected chi connectivity index (χ0v) is 76.6. The van der Waals surface area contributed by atoms with Crippen LogP contribution in [0, 0.1) is 11.8 Å². The molecule has 8 rings (SSSR count). The molecule has 17 N–H and O–H groups in total. The molecule has 7 aromatic rings. The molecule has 1 aliphatic heterocycles. The minimum Gasteiger partial charge on any atom is -0.508 e. The Labute approximate surface area is 774 Å². The first-order valence-electron chi connectivity index (χ1n) is 43.8. The number of phenols is 2. The van der Waals surface area contributed by atoms with E-state index in [0.717, 1.165) is 31.4 Å². The highest BCUT2D eigenvalue weighted by atomic mass is 32.2. The fourth-order valence-electron chi connectivity index (χ4n) is 15.3. The van der Waals surface area contributed by atoms with Gasteiger partial charge >= 0.3 is 11.9 Å². The number of rotatable bonds is 26. The number of hydrogen-bond acceptors (Lipinski definition) is 20. The van der Waals surface area contributed by atoms with Gasteiger partial charge in [-0.15, -0.1) is 11.8 Å². The van der Waals surface area contributed by atoms with Crippen molar-refractivity contribution >= 4 is 123 Å². The van der Waals surface area contributed by atoms with Crippen molar-refractivity contribution in [1.82, 2.24) is 77.8 Å². The molecule has 1 fully saturated rings. The maximum absolute atomic E-state index is 15.6. The number of phenolic OH excluding ortho intramolecular Hbond substituents is 2. The number of unbranched alkanes of at least 4 members (excludes halogenated alkanes) is 1. The summed E-state index contributed by atoms with van der Waals surface area (Å²) < 4.78 is 0. The standard InChI is InChI=1S/C95H120N16O21S/c1-10-11-31-75-90(127)101-67(40-41-81(117)118)85(122)104-71(49-82(119)120)89(126)107-83(56(4)5)95(132)110(8)76(46-58-25-17-13-18-26-58)91(128)105-72(45-61-34-38-64(113)39-35-61)92(129)108(6)52-79(115)99-70(48-62-50-97-66-30-22-21-29-65(62)66)88(125)103-69(43-60-32-36-63(112)37-33-60)87(124)102-68(42-55(2)3)86(123)106-74(84(121)98-51-78(96)114)53-133-54-80(116)100-73(44-57-23-15-12-16-24-57)93(130)111(9)77(94(131)109(75)7)47-59-27-19-14-20-28-59/h12-30,32-39,50,55-56,67-77,83,97,112-113H,10-11,31,40-49,51-54H2,1-9H3,(H2,96,114)(H,98,121)(H,99,115)(H,100,116)(H,101,127)(H,102,124)(H,103,125)(H,104,122)(H,105,128)(H,106,123)(H,107,126)(H,117,118)(H,119,120). The number of likely N-dealkylation sites (N-methyl/N-ethyl adjacent to an activating group) is 4. The maximum Gasteiger partial charge on any atom is 0.305 e.